The fourth-order valence-electron chi connectivity index (χ4n) is 2.94. The Hall–Kier alpha value is -0.690. The highest BCUT2D eigenvalue weighted by Gasteiger charge is 2.34. The van der Waals surface area contributed by atoms with E-state index >= 15 is 0 Å². The van der Waals surface area contributed by atoms with E-state index in [1.54, 1.807) is 5.38 Å². The van der Waals surface area contributed by atoms with Crippen LogP contribution in [0.15, 0.2) is 5.38 Å². The number of rotatable bonds is 8. The molecule has 5 nitrogen and oxygen atoms in total. The number of carbonyl (C=O) groups is 1. The molecule has 0 bridgehead atoms. The van der Waals surface area contributed by atoms with Crippen LogP contribution < -0.4 is 11.1 Å². The van der Waals surface area contributed by atoms with Crippen molar-refractivity contribution in [2.75, 3.05) is 19.8 Å². The van der Waals surface area contributed by atoms with Gasteiger partial charge in [-0.2, -0.15) is 0 Å². The van der Waals surface area contributed by atoms with Gasteiger partial charge in [-0.15, -0.1) is 23.7 Å². The first-order valence-corrected chi connectivity index (χ1v) is 8.57. The first kappa shape index (κ1) is 19.4. The van der Waals surface area contributed by atoms with E-state index in [0.29, 0.717) is 18.8 Å². The van der Waals surface area contributed by atoms with Gasteiger partial charge >= 0.3 is 0 Å². The summed E-state index contributed by atoms with van der Waals surface area (Å²) < 4.78 is 5.49. The van der Waals surface area contributed by atoms with Crippen LogP contribution >= 0.6 is 23.7 Å². The van der Waals surface area contributed by atoms with Gasteiger partial charge in [-0.05, 0) is 31.6 Å². The highest BCUT2D eigenvalue weighted by molar-refractivity contribution is 7.09. The van der Waals surface area contributed by atoms with Crippen molar-refractivity contribution in [1.82, 2.24) is 10.3 Å². The lowest BCUT2D eigenvalue weighted by atomic mass is 9.83. The van der Waals surface area contributed by atoms with E-state index in [2.05, 4.69) is 10.3 Å². The Morgan fingerprint density at radius 1 is 1.50 bits per heavy atom. The summed E-state index contributed by atoms with van der Waals surface area (Å²) in [6, 6.07) is 0. The molecule has 126 valence electrons. The van der Waals surface area contributed by atoms with Crippen molar-refractivity contribution >= 4 is 29.7 Å². The Morgan fingerprint density at radius 3 is 2.82 bits per heavy atom. The molecule has 1 aliphatic carbocycles. The maximum Gasteiger partial charge on any atom is 0.270 e. The van der Waals surface area contributed by atoms with Gasteiger partial charge in [0.05, 0.1) is 0 Å². The average molecular weight is 348 g/mol. The molecule has 1 aromatic rings. The van der Waals surface area contributed by atoms with Crippen molar-refractivity contribution < 1.29 is 9.53 Å². The lowest BCUT2D eigenvalue weighted by Crippen LogP contribution is -2.37. The summed E-state index contributed by atoms with van der Waals surface area (Å²) in [5.74, 6) is -0.0892. The molecule has 0 atom stereocenters. The third-order valence-corrected chi connectivity index (χ3v) is 5.10. The summed E-state index contributed by atoms with van der Waals surface area (Å²) >= 11 is 1.43. The molecule has 0 spiro atoms. The van der Waals surface area contributed by atoms with Gasteiger partial charge in [0.2, 0.25) is 0 Å². The third kappa shape index (κ3) is 5.19. The maximum atomic E-state index is 12.2. The highest BCUT2D eigenvalue weighted by Crippen LogP contribution is 2.40. The minimum atomic E-state index is -0.0892. The normalized spacial score (nSPS) is 16.3. The molecule has 3 N–H and O–H groups in total. The first-order chi connectivity index (χ1) is 10.2. The molecule has 22 heavy (non-hydrogen) atoms. The number of nitrogens with one attached hydrogen (secondary N) is 1. The second kappa shape index (κ2) is 9.45. The molecule has 1 fully saturated rings. The standard InChI is InChI=1S/C15H25N3O2S.ClH/c1-2-20-8-7-15(5-3-4-6-15)11-17-14(19)12-10-21-13(9-16)18-12;/h10H,2-9,11,16H2,1H3,(H,17,19);1H. The minimum absolute atomic E-state index is 0. The van der Waals surface area contributed by atoms with Gasteiger partial charge in [-0.1, -0.05) is 12.8 Å². The van der Waals surface area contributed by atoms with Crippen molar-refractivity contribution in [2.45, 2.75) is 45.6 Å². The molecule has 2 rings (SSSR count). The molecular formula is C15H26ClN3O2S. The zero-order valence-electron chi connectivity index (χ0n) is 13.1. The van der Waals surface area contributed by atoms with Gasteiger partial charge in [0.25, 0.3) is 5.91 Å². The summed E-state index contributed by atoms with van der Waals surface area (Å²) in [5, 5.41) is 5.63. The number of hydrogen-bond acceptors (Lipinski definition) is 5. The fraction of sp³-hybridized carbons (Fsp3) is 0.733. The van der Waals surface area contributed by atoms with Crippen LogP contribution in [-0.4, -0.2) is 30.6 Å². The zero-order valence-corrected chi connectivity index (χ0v) is 14.7. The number of amides is 1. The lowest BCUT2D eigenvalue weighted by molar-refractivity contribution is 0.0859. The van der Waals surface area contributed by atoms with E-state index in [4.69, 9.17) is 10.5 Å². The largest absolute Gasteiger partial charge is 0.382 e. The van der Waals surface area contributed by atoms with Crippen LogP contribution in [-0.2, 0) is 11.3 Å². The summed E-state index contributed by atoms with van der Waals surface area (Å²) in [4.78, 5) is 16.4. The molecule has 0 aromatic carbocycles. The number of nitrogens with zero attached hydrogens (tertiary/aromatic N) is 1. The fourth-order valence-corrected chi connectivity index (χ4v) is 3.60. The number of thiazole rings is 1. The molecule has 7 heteroatoms. The van der Waals surface area contributed by atoms with E-state index in [-0.39, 0.29) is 23.7 Å². The summed E-state index contributed by atoms with van der Waals surface area (Å²) in [5.41, 5.74) is 6.22. The molecule has 1 heterocycles. The quantitative estimate of drug-likeness (QED) is 0.709. The van der Waals surface area contributed by atoms with Crippen LogP contribution in [0, 0.1) is 5.41 Å². The van der Waals surface area contributed by atoms with Crippen LogP contribution in [0.25, 0.3) is 0 Å². The van der Waals surface area contributed by atoms with E-state index < -0.39 is 0 Å². The summed E-state index contributed by atoms with van der Waals surface area (Å²) in [6.45, 7) is 4.65. The van der Waals surface area contributed by atoms with Gasteiger partial charge in [-0.25, -0.2) is 4.98 Å². The van der Waals surface area contributed by atoms with Crippen molar-refractivity contribution in [3.8, 4) is 0 Å². The van der Waals surface area contributed by atoms with E-state index in [1.165, 1.54) is 37.0 Å². The van der Waals surface area contributed by atoms with Crippen molar-refractivity contribution in [3.63, 3.8) is 0 Å². The average Bonchev–Trinajstić information content (AvgIpc) is 3.15. The van der Waals surface area contributed by atoms with Gasteiger partial charge < -0.3 is 15.8 Å². The third-order valence-electron chi connectivity index (χ3n) is 4.23. The number of halogens is 1. The predicted molar refractivity (Wildman–Crippen MR) is 91.6 cm³/mol. The number of aromatic nitrogens is 1. The second-order valence-electron chi connectivity index (χ2n) is 5.67. The van der Waals surface area contributed by atoms with Gasteiger partial charge in [-0.3, -0.25) is 4.79 Å². The van der Waals surface area contributed by atoms with Gasteiger partial charge in [0, 0.05) is 31.7 Å². The zero-order chi connectivity index (χ0) is 15.1. The lowest BCUT2D eigenvalue weighted by Gasteiger charge is -2.29. The predicted octanol–water partition coefficient (Wildman–Crippen LogP) is 2.74. The Balaban J connectivity index is 0.00000242. The minimum Gasteiger partial charge on any atom is -0.382 e. The number of ether oxygens (including phenoxy) is 1. The van der Waals surface area contributed by atoms with Crippen molar-refractivity contribution in [1.29, 1.82) is 0 Å². The Labute approximate surface area is 142 Å². The Morgan fingerprint density at radius 2 is 2.23 bits per heavy atom. The summed E-state index contributed by atoms with van der Waals surface area (Å²) in [7, 11) is 0. The molecular weight excluding hydrogens is 322 g/mol. The van der Waals surface area contributed by atoms with E-state index in [0.717, 1.165) is 24.6 Å². The van der Waals surface area contributed by atoms with Crippen molar-refractivity contribution in [2.24, 2.45) is 11.1 Å². The molecule has 0 aliphatic heterocycles. The topological polar surface area (TPSA) is 77.2 Å². The van der Waals surface area contributed by atoms with Crippen LogP contribution in [0.1, 0.15) is 54.5 Å². The molecule has 0 radical (unpaired) electrons. The van der Waals surface area contributed by atoms with Crippen LogP contribution in [0.2, 0.25) is 0 Å². The van der Waals surface area contributed by atoms with Crippen LogP contribution in [0.4, 0.5) is 0 Å². The van der Waals surface area contributed by atoms with E-state index in [1.807, 2.05) is 6.92 Å². The molecule has 1 aliphatic rings. The van der Waals surface area contributed by atoms with Crippen molar-refractivity contribution in [3.05, 3.63) is 16.1 Å². The van der Waals surface area contributed by atoms with Gasteiger partial charge in [0.1, 0.15) is 10.7 Å². The SMILES string of the molecule is CCOCCC1(CNC(=O)c2csc(CN)n2)CCCC1.Cl. The highest BCUT2D eigenvalue weighted by atomic mass is 35.5. The number of carbonyl (C=O) groups excluding carboxylic acids is 1. The number of hydrogen-bond donors (Lipinski definition) is 2. The Kier molecular flexibility index (Phi) is 8.31. The monoisotopic (exact) mass is 347 g/mol. The molecule has 1 aromatic heterocycles. The van der Waals surface area contributed by atoms with Gasteiger partial charge in [0.15, 0.2) is 0 Å². The summed E-state index contributed by atoms with van der Waals surface area (Å²) in [6.07, 6.45) is 5.86. The number of nitrogens with two attached hydrogens (primary N) is 1. The smallest absolute Gasteiger partial charge is 0.270 e. The van der Waals surface area contributed by atoms with E-state index in [9.17, 15) is 4.79 Å². The second-order valence-corrected chi connectivity index (χ2v) is 6.61. The molecule has 1 amide bonds. The van der Waals surface area contributed by atoms with Crippen LogP contribution in [0.5, 0.6) is 0 Å². The van der Waals surface area contributed by atoms with Crippen LogP contribution in [0.3, 0.4) is 0 Å². The molecule has 0 saturated heterocycles. The Bertz CT molecular complexity index is 461. The molecule has 1 saturated carbocycles. The maximum absolute atomic E-state index is 12.2. The first-order valence-electron chi connectivity index (χ1n) is 7.69. The molecule has 0 unspecified atom stereocenters.